The molecule has 4 rings (SSSR count). The molecule has 2 heterocycles. The summed E-state index contributed by atoms with van der Waals surface area (Å²) in [5, 5.41) is 3.98. The quantitative estimate of drug-likeness (QED) is 0.881. The number of nitrogens with zero attached hydrogens (tertiary/aromatic N) is 3. The Morgan fingerprint density at radius 3 is 2.72 bits per heavy atom. The first-order chi connectivity index (χ1) is 11.9. The molecule has 25 heavy (non-hydrogen) atoms. The maximum absolute atomic E-state index is 12.5. The van der Waals surface area contributed by atoms with E-state index in [-0.39, 0.29) is 22.9 Å². The SMILES string of the molecule is CCN1C(=O)c2ccc(-c3nc(C4(N)CCCC4)no3)cc2S1(=O)=O. The van der Waals surface area contributed by atoms with Crippen molar-refractivity contribution < 1.29 is 17.7 Å². The molecule has 9 heteroatoms. The molecule has 1 saturated carbocycles. The monoisotopic (exact) mass is 362 g/mol. The van der Waals surface area contributed by atoms with Gasteiger partial charge in [-0.05, 0) is 38.0 Å². The number of aromatic nitrogens is 2. The lowest BCUT2D eigenvalue weighted by Gasteiger charge is -2.17. The van der Waals surface area contributed by atoms with Crippen LogP contribution >= 0.6 is 0 Å². The van der Waals surface area contributed by atoms with Crippen molar-refractivity contribution in [2.75, 3.05) is 6.54 Å². The van der Waals surface area contributed by atoms with Gasteiger partial charge in [0.15, 0.2) is 5.82 Å². The number of carbonyl (C=O) groups is 1. The van der Waals surface area contributed by atoms with E-state index in [2.05, 4.69) is 10.1 Å². The molecular formula is C16H18N4O4S. The average molecular weight is 362 g/mol. The summed E-state index contributed by atoms with van der Waals surface area (Å²) in [6, 6.07) is 4.51. The van der Waals surface area contributed by atoms with Crippen LogP contribution in [0.25, 0.3) is 11.5 Å². The zero-order valence-electron chi connectivity index (χ0n) is 13.7. The van der Waals surface area contributed by atoms with Crippen LogP contribution in [0.15, 0.2) is 27.6 Å². The lowest BCUT2D eigenvalue weighted by atomic mass is 9.98. The third-order valence-electron chi connectivity index (χ3n) is 4.91. The molecule has 1 aromatic heterocycles. The van der Waals surface area contributed by atoms with E-state index in [9.17, 15) is 13.2 Å². The highest BCUT2D eigenvalue weighted by Gasteiger charge is 2.41. The normalized spacial score (nSPS) is 20.9. The molecule has 1 fully saturated rings. The Hall–Kier alpha value is -2.26. The highest BCUT2D eigenvalue weighted by molar-refractivity contribution is 7.90. The molecule has 2 N–H and O–H groups in total. The summed E-state index contributed by atoms with van der Waals surface area (Å²) >= 11 is 0. The van der Waals surface area contributed by atoms with Crippen molar-refractivity contribution in [3.05, 3.63) is 29.6 Å². The second-order valence-electron chi connectivity index (χ2n) is 6.47. The van der Waals surface area contributed by atoms with E-state index in [1.807, 2.05) is 0 Å². The van der Waals surface area contributed by atoms with E-state index in [0.29, 0.717) is 11.4 Å². The van der Waals surface area contributed by atoms with Crippen LogP contribution in [0.3, 0.4) is 0 Å². The van der Waals surface area contributed by atoms with Gasteiger partial charge < -0.3 is 10.3 Å². The Kier molecular flexibility index (Phi) is 3.48. The summed E-state index contributed by atoms with van der Waals surface area (Å²) in [6.07, 6.45) is 3.63. The van der Waals surface area contributed by atoms with Crippen LogP contribution in [0.1, 0.15) is 48.8 Å². The largest absolute Gasteiger partial charge is 0.334 e. The minimum Gasteiger partial charge on any atom is -0.334 e. The summed E-state index contributed by atoms with van der Waals surface area (Å²) in [5.74, 6) is 0.129. The number of amides is 1. The molecule has 132 valence electrons. The minimum absolute atomic E-state index is 0.0278. The Morgan fingerprint density at radius 1 is 1.32 bits per heavy atom. The Bertz CT molecular complexity index is 960. The van der Waals surface area contributed by atoms with Crippen molar-refractivity contribution in [2.24, 2.45) is 5.73 Å². The van der Waals surface area contributed by atoms with Crippen molar-refractivity contribution >= 4 is 15.9 Å². The molecule has 0 radical (unpaired) electrons. The highest BCUT2D eigenvalue weighted by atomic mass is 32.2. The zero-order chi connectivity index (χ0) is 17.8. The van der Waals surface area contributed by atoms with Gasteiger partial charge >= 0.3 is 0 Å². The van der Waals surface area contributed by atoms with Crippen molar-refractivity contribution in [3.63, 3.8) is 0 Å². The molecule has 0 spiro atoms. The van der Waals surface area contributed by atoms with Gasteiger partial charge in [-0.15, -0.1) is 0 Å². The number of carbonyl (C=O) groups excluding carboxylic acids is 1. The smallest absolute Gasteiger partial charge is 0.268 e. The molecule has 0 bridgehead atoms. The van der Waals surface area contributed by atoms with E-state index in [1.54, 1.807) is 13.0 Å². The van der Waals surface area contributed by atoms with Crippen LogP contribution in [0.5, 0.6) is 0 Å². The topological polar surface area (TPSA) is 119 Å². The molecule has 0 saturated heterocycles. The summed E-state index contributed by atoms with van der Waals surface area (Å²) < 4.78 is 31.1. The lowest BCUT2D eigenvalue weighted by Crippen LogP contribution is -2.34. The molecular weight excluding hydrogens is 344 g/mol. The number of hydrogen-bond acceptors (Lipinski definition) is 7. The molecule has 8 nitrogen and oxygen atoms in total. The Labute approximate surface area is 145 Å². The maximum Gasteiger partial charge on any atom is 0.268 e. The van der Waals surface area contributed by atoms with Gasteiger partial charge in [-0.25, -0.2) is 12.7 Å². The van der Waals surface area contributed by atoms with E-state index < -0.39 is 21.5 Å². The number of rotatable bonds is 3. The second-order valence-corrected chi connectivity index (χ2v) is 8.30. The standard InChI is InChI=1S/C16H18N4O4S/c1-2-20-14(21)11-6-5-10(9-12(11)25(20,22)23)13-18-15(19-24-13)16(17)7-3-4-8-16/h5-6,9H,2-4,7-8,17H2,1H3. The third-order valence-corrected chi connectivity index (χ3v) is 6.81. The predicted molar refractivity (Wildman–Crippen MR) is 88.0 cm³/mol. The highest BCUT2D eigenvalue weighted by Crippen LogP contribution is 2.37. The molecule has 1 aliphatic heterocycles. The van der Waals surface area contributed by atoms with Crippen LogP contribution in [-0.4, -0.2) is 35.3 Å². The van der Waals surface area contributed by atoms with Crippen LogP contribution in [-0.2, 0) is 15.6 Å². The van der Waals surface area contributed by atoms with Crippen molar-refractivity contribution in [1.29, 1.82) is 0 Å². The Morgan fingerprint density at radius 2 is 2.04 bits per heavy atom. The first-order valence-corrected chi connectivity index (χ1v) is 9.65. The van der Waals surface area contributed by atoms with Gasteiger partial charge in [-0.1, -0.05) is 18.0 Å². The predicted octanol–water partition coefficient (Wildman–Crippen LogP) is 1.63. The van der Waals surface area contributed by atoms with E-state index in [0.717, 1.165) is 30.0 Å². The van der Waals surface area contributed by atoms with Crippen molar-refractivity contribution in [3.8, 4) is 11.5 Å². The third kappa shape index (κ3) is 2.30. The minimum atomic E-state index is -3.83. The number of sulfonamides is 1. The van der Waals surface area contributed by atoms with Gasteiger partial charge in [-0.2, -0.15) is 4.98 Å². The van der Waals surface area contributed by atoms with Gasteiger partial charge in [0.2, 0.25) is 0 Å². The lowest BCUT2D eigenvalue weighted by molar-refractivity contribution is 0.0876. The van der Waals surface area contributed by atoms with Gasteiger partial charge in [0.05, 0.1) is 11.1 Å². The van der Waals surface area contributed by atoms with Gasteiger partial charge in [0, 0.05) is 12.1 Å². The maximum atomic E-state index is 12.5. The number of nitrogens with two attached hydrogens (primary N) is 1. The van der Waals surface area contributed by atoms with Crippen molar-refractivity contribution in [1.82, 2.24) is 14.4 Å². The van der Waals surface area contributed by atoms with Crippen LogP contribution in [0.4, 0.5) is 0 Å². The van der Waals surface area contributed by atoms with Crippen LogP contribution in [0.2, 0.25) is 0 Å². The van der Waals surface area contributed by atoms with Gasteiger partial charge in [0.25, 0.3) is 21.8 Å². The Balaban J connectivity index is 1.75. The molecule has 0 atom stereocenters. The number of benzene rings is 1. The fourth-order valence-corrected chi connectivity index (χ4v) is 5.10. The first-order valence-electron chi connectivity index (χ1n) is 8.21. The fraction of sp³-hybridized carbons (Fsp3) is 0.438. The van der Waals surface area contributed by atoms with Gasteiger partial charge in [-0.3, -0.25) is 4.79 Å². The summed E-state index contributed by atoms with van der Waals surface area (Å²) in [7, 11) is -3.83. The van der Waals surface area contributed by atoms with Crippen LogP contribution in [0, 0.1) is 0 Å². The molecule has 2 aliphatic rings. The molecule has 1 amide bonds. The van der Waals surface area contributed by atoms with E-state index in [4.69, 9.17) is 10.3 Å². The summed E-state index contributed by atoms with van der Waals surface area (Å²) in [5.41, 5.74) is 6.36. The molecule has 1 aromatic carbocycles. The average Bonchev–Trinajstić information content (AvgIpc) is 3.27. The zero-order valence-corrected chi connectivity index (χ0v) is 14.5. The number of fused-ring (bicyclic) bond motifs is 1. The van der Waals surface area contributed by atoms with E-state index >= 15 is 0 Å². The molecule has 2 aromatic rings. The molecule has 0 unspecified atom stereocenters. The van der Waals surface area contributed by atoms with Gasteiger partial charge in [0.1, 0.15) is 4.90 Å². The summed E-state index contributed by atoms with van der Waals surface area (Å²) in [4.78, 5) is 16.5. The number of hydrogen-bond donors (Lipinski definition) is 1. The second kappa shape index (κ2) is 5.37. The van der Waals surface area contributed by atoms with E-state index in [1.165, 1.54) is 12.1 Å². The first kappa shape index (κ1) is 16.2. The molecule has 1 aliphatic carbocycles. The summed E-state index contributed by atoms with van der Waals surface area (Å²) in [6.45, 7) is 1.71. The van der Waals surface area contributed by atoms with Crippen molar-refractivity contribution in [2.45, 2.75) is 43.0 Å². The fourth-order valence-electron chi connectivity index (χ4n) is 3.49. The van der Waals surface area contributed by atoms with Crippen LogP contribution < -0.4 is 5.73 Å².